The zero-order valence-corrected chi connectivity index (χ0v) is 11.5. The Labute approximate surface area is 117 Å². The van der Waals surface area contributed by atoms with Crippen LogP contribution in [-0.4, -0.2) is 29.3 Å². The van der Waals surface area contributed by atoms with E-state index in [1.807, 2.05) is 0 Å². The first-order valence-corrected chi connectivity index (χ1v) is 6.60. The van der Waals surface area contributed by atoms with Crippen LogP contribution in [0.2, 0.25) is 0 Å². The summed E-state index contributed by atoms with van der Waals surface area (Å²) in [6.07, 6.45) is 0.747. The van der Waals surface area contributed by atoms with Gasteiger partial charge in [-0.15, -0.1) is 0 Å². The van der Waals surface area contributed by atoms with E-state index in [4.69, 9.17) is 5.11 Å². The number of carboxylic acids is 1. The smallest absolute Gasteiger partial charge is 0.306 e. The van der Waals surface area contributed by atoms with Crippen LogP contribution in [0.5, 0.6) is 0 Å². The number of carbonyl (C=O) groups is 3. The zero-order chi connectivity index (χ0) is 14.9. The number of carboxylic acid groups (broad SMARTS) is 1. The Hall–Kier alpha value is -2.17. The lowest BCUT2D eigenvalue weighted by Gasteiger charge is -2.19. The number of hydrogen-bond donors (Lipinski definition) is 2. The van der Waals surface area contributed by atoms with Gasteiger partial charge in [-0.25, -0.2) is 0 Å². The Balaban J connectivity index is 2.30. The second-order valence-corrected chi connectivity index (χ2v) is 5.16. The monoisotopic (exact) mass is 275 g/mol. The molecule has 2 N–H and O–H groups in total. The molecule has 20 heavy (non-hydrogen) atoms. The molecule has 1 aliphatic rings. The van der Waals surface area contributed by atoms with Crippen LogP contribution in [0, 0.1) is 11.8 Å². The topological polar surface area (TPSA) is 83.5 Å². The van der Waals surface area contributed by atoms with Gasteiger partial charge in [0.2, 0.25) is 0 Å². The van der Waals surface area contributed by atoms with E-state index >= 15 is 0 Å². The summed E-state index contributed by atoms with van der Waals surface area (Å²) < 4.78 is 0. The van der Waals surface area contributed by atoms with Gasteiger partial charge in [0.1, 0.15) is 0 Å². The molecule has 0 saturated carbocycles. The molecular weight excluding hydrogens is 258 g/mol. The summed E-state index contributed by atoms with van der Waals surface area (Å²) in [6.45, 7) is 3.71. The van der Waals surface area contributed by atoms with Crippen molar-refractivity contribution in [3.63, 3.8) is 0 Å². The van der Waals surface area contributed by atoms with Gasteiger partial charge < -0.3 is 10.4 Å². The average Bonchev–Trinajstić information content (AvgIpc) is 2.45. The Kier molecular flexibility index (Phi) is 3.88. The van der Waals surface area contributed by atoms with Crippen molar-refractivity contribution < 1.29 is 19.5 Å². The number of aliphatic carboxylic acids is 1. The number of amides is 1. The molecule has 1 aromatic carbocycles. The van der Waals surface area contributed by atoms with Gasteiger partial charge in [0.05, 0.1) is 5.92 Å². The van der Waals surface area contributed by atoms with Gasteiger partial charge in [0.25, 0.3) is 5.91 Å². The highest BCUT2D eigenvalue weighted by Gasteiger charge is 2.27. The van der Waals surface area contributed by atoms with Crippen LogP contribution >= 0.6 is 0 Å². The Morgan fingerprint density at radius 3 is 2.60 bits per heavy atom. The molecule has 1 aromatic rings. The highest BCUT2D eigenvalue weighted by molar-refractivity contribution is 6.03. The maximum atomic E-state index is 12.3. The molecule has 0 fully saturated rings. The summed E-state index contributed by atoms with van der Waals surface area (Å²) in [7, 11) is 0. The number of nitrogens with one attached hydrogen (secondary N) is 1. The molecule has 2 rings (SSSR count). The zero-order valence-electron chi connectivity index (χ0n) is 11.5. The van der Waals surface area contributed by atoms with Crippen molar-refractivity contribution in [2.75, 3.05) is 6.54 Å². The van der Waals surface area contributed by atoms with Crippen molar-refractivity contribution >= 4 is 17.7 Å². The van der Waals surface area contributed by atoms with E-state index in [2.05, 4.69) is 5.32 Å². The highest BCUT2D eigenvalue weighted by atomic mass is 16.4. The molecular formula is C15H17NO4. The van der Waals surface area contributed by atoms with Gasteiger partial charge in [-0.3, -0.25) is 14.4 Å². The summed E-state index contributed by atoms with van der Waals surface area (Å²) in [4.78, 5) is 35.0. The number of rotatable bonds is 4. The van der Waals surface area contributed by atoms with Crippen LogP contribution in [0.3, 0.4) is 0 Å². The summed E-state index contributed by atoms with van der Waals surface area (Å²) >= 11 is 0. The fourth-order valence-electron chi connectivity index (χ4n) is 2.27. The molecule has 0 aliphatic carbocycles. The predicted molar refractivity (Wildman–Crippen MR) is 72.8 cm³/mol. The molecule has 1 heterocycles. The van der Waals surface area contributed by atoms with Crippen molar-refractivity contribution in [3.8, 4) is 0 Å². The van der Waals surface area contributed by atoms with Gasteiger partial charge in [0, 0.05) is 23.6 Å². The van der Waals surface area contributed by atoms with Crippen molar-refractivity contribution in [3.05, 3.63) is 34.9 Å². The van der Waals surface area contributed by atoms with E-state index in [0.29, 0.717) is 17.7 Å². The average molecular weight is 275 g/mol. The normalized spacial score (nSPS) is 16.8. The fraction of sp³-hybridized carbons (Fsp3) is 0.400. The summed E-state index contributed by atoms with van der Waals surface area (Å²) in [5.41, 5.74) is 1.82. The molecule has 2 unspecified atom stereocenters. The molecule has 0 saturated heterocycles. The molecule has 106 valence electrons. The maximum absolute atomic E-state index is 12.3. The first-order chi connectivity index (χ1) is 9.41. The number of ketones is 1. The first-order valence-electron chi connectivity index (χ1n) is 6.60. The lowest BCUT2D eigenvalue weighted by molar-refractivity contribution is -0.142. The number of hydrogen-bond acceptors (Lipinski definition) is 3. The van der Waals surface area contributed by atoms with Crippen LogP contribution in [0.4, 0.5) is 0 Å². The van der Waals surface area contributed by atoms with Crippen molar-refractivity contribution in [2.45, 2.75) is 20.3 Å². The molecule has 5 nitrogen and oxygen atoms in total. The third-order valence-corrected chi connectivity index (χ3v) is 3.87. The van der Waals surface area contributed by atoms with Gasteiger partial charge in [-0.05, 0) is 18.1 Å². The van der Waals surface area contributed by atoms with E-state index in [9.17, 15) is 14.4 Å². The number of carbonyl (C=O) groups excluding carboxylic acids is 2. The summed E-state index contributed by atoms with van der Waals surface area (Å²) in [5.74, 6) is -2.81. The molecule has 2 atom stereocenters. The number of Topliss-reactive ketones (excluding diaryl/α,β-unsaturated/α-hetero) is 1. The van der Waals surface area contributed by atoms with Gasteiger partial charge in [-0.2, -0.15) is 0 Å². The fourth-order valence-corrected chi connectivity index (χ4v) is 2.27. The third kappa shape index (κ3) is 2.57. The summed E-state index contributed by atoms with van der Waals surface area (Å²) in [5, 5.41) is 11.7. The van der Waals surface area contributed by atoms with E-state index in [0.717, 1.165) is 12.0 Å². The van der Waals surface area contributed by atoms with Crippen LogP contribution in [0.1, 0.15) is 40.1 Å². The first kappa shape index (κ1) is 14.2. The molecule has 1 aliphatic heterocycles. The van der Waals surface area contributed by atoms with Gasteiger partial charge in [-0.1, -0.05) is 26.0 Å². The quantitative estimate of drug-likeness (QED) is 0.816. The van der Waals surface area contributed by atoms with E-state index in [-0.39, 0.29) is 11.7 Å². The minimum Gasteiger partial charge on any atom is -0.481 e. The molecule has 0 bridgehead atoms. The SMILES string of the molecule is CC(C(=O)O)C(C)C(=O)c1ccc2c(c1)C(=O)NCC2. The summed E-state index contributed by atoms with van der Waals surface area (Å²) in [6, 6.07) is 5.02. The predicted octanol–water partition coefficient (Wildman–Crippen LogP) is 1.51. The Bertz CT molecular complexity index is 579. The highest BCUT2D eigenvalue weighted by Crippen LogP contribution is 2.21. The van der Waals surface area contributed by atoms with Gasteiger partial charge >= 0.3 is 5.97 Å². The largest absolute Gasteiger partial charge is 0.481 e. The Morgan fingerprint density at radius 1 is 1.25 bits per heavy atom. The van der Waals surface area contributed by atoms with Crippen LogP contribution in [0.15, 0.2) is 18.2 Å². The van der Waals surface area contributed by atoms with Crippen LogP contribution in [-0.2, 0) is 11.2 Å². The van der Waals surface area contributed by atoms with E-state index in [1.165, 1.54) is 6.92 Å². The molecule has 0 spiro atoms. The second kappa shape index (κ2) is 5.45. The minimum absolute atomic E-state index is 0.181. The van der Waals surface area contributed by atoms with Crippen molar-refractivity contribution in [1.29, 1.82) is 0 Å². The standard InChI is InChI=1S/C15H17NO4/c1-8(9(2)15(19)20)13(17)11-4-3-10-5-6-16-14(18)12(10)7-11/h3-4,7-9H,5-6H2,1-2H3,(H,16,18)(H,19,20). The lowest BCUT2D eigenvalue weighted by Crippen LogP contribution is -2.32. The third-order valence-electron chi connectivity index (χ3n) is 3.87. The van der Waals surface area contributed by atoms with Crippen LogP contribution in [0.25, 0.3) is 0 Å². The molecule has 0 radical (unpaired) electrons. The van der Waals surface area contributed by atoms with E-state index in [1.54, 1.807) is 25.1 Å². The van der Waals surface area contributed by atoms with E-state index < -0.39 is 17.8 Å². The lowest BCUT2D eigenvalue weighted by atomic mass is 9.87. The van der Waals surface area contributed by atoms with Crippen molar-refractivity contribution in [2.24, 2.45) is 11.8 Å². The molecule has 5 heteroatoms. The Morgan fingerprint density at radius 2 is 1.95 bits per heavy atom. The number of fused-ring (bicyclic) bond motifs is 1. The minimum atomic E-state index is -0.999. The molecule has 0 aromatic heterocycles. The molecule has 1 amide bonds. The van der Waals surface area contributed by atoms with Gasteiger partial charge in [0.15, 0.2) is 5.78 Å². The second-order valence-electron chi connectivity index (χ2n) is 5.16. The number of benzene rings is 1. The van der Waals surface area contributed by atoms with Crippen molar-refractivity contribution in [1.82, 2.24) is 5.32 Å². The maximum Gasteiger partial charge on any atom is 0.306 e. The van der Waals surface area contributed by atoms with Crippen LogP contribution < -0.4 is 5.32 Å².